The molecule has 0 aromatic heterocycles. The summed E-state index contributed by atoms with van der Waals surface area (Å²) in [5, 5.41) is 0. The highest BCUT2D eigenvalue weighted by Crippen LogP contribution is 2.28. The molecule has 0 unspecified atom stereocenters. The molecular weight excluding hydrogens is 254 g/mol. The fraction of sp³-hybridized carbons (Fsp3) is 0.500. The van der Waals surface area contributed by atoms with Gasteiger partial charge in [0.1, 0.15) is 17.4 Å². The Morgan fingerprint density at radius 3 is 2.78 bits per heavy atom. The number of sulfonamides is 1. The molecule has 1 aliphatic heterocycles. The van der Waals surface area contributed by atoms with Crippen LogP contribution in [0.15, 0.2) is 23.1 Å². The second kappa shape index (κ2) is 5.26. The number of hydrogen-bond acceptors (Lipinski definition) is 4. The predicted octanol–water partition coefficient (Wildman–Crippen LogP) is 1.37. The summed E-state index contributed by atoms with van der Waals surface area (Å²) < 4.78 is 36.6. The van der Waals surface area contributed by atoms with Crippen LogP contribution < -0.4 is 4.74 Å². The summed E-state index contributed by atoms with van der Waals surface area (Å²) in [7, 11) is -2.08. The predicted molar refractivity (Wildman–Crippen MR) is 67.1 cm³/mol. The van der Waals surface area contributed by atoms with Gasteiger partial charge in [-0.15, -0.1) is 0 Å². The molecule has 6 heteroatoms. The van der Waals surface area contributed by atoms with Crippen LogP contribution in [0, 0.1) is 6.92 Å². The highest BCUT2D eigenvalue weighted by molar-refractivity contribution is 7.89. The fourth-order valence-electron chi connectivity index (χ4n) is 1.89. The molecule has 1 heterocycles. The van der Waals surface area contributed by atoms with Gasteiger partial charge >= 0.3 is 0 Å². The van der Waals surface area contributed by atoms with E-state index in [1.165, 1.54) is 11.4 Å². The third-order valence-electron chi connectivity index (χ3n) is 2.87. The molecule has 5 nitrogen and oxygen atoms in total. The number of ether oxygens (including phenoxy) is 2. The Bertz CT molecular complexity index is 521. The van der Waals surface area contributed by atoms with Crippen LogP contribution in [0.2, 0.25) is 0 Å². The maximum atomic E-state index is 12.5. The maximum absolute atomic E-state index is 12.5. The minimum absolute atomic E-state index is 0.111. The van der Waals surface area contributed by atoms with Crippen molar-refractivity contribution in [3.8, 4) is 5.75 Å². The summed E-state index contributed by atoms with van der Waals surface area (Å²) in [6, 6.07) is 5.13. The molecule has 0 atom stereocenters. The summed E-state index contributed by atoms with van der Waals surface area (Å²) >= 11 is 0. The zero-order chi connectivity index (χ0) is 13.2. The van der Waals surface area contributed by atoms with Crippen molar-refractivity contribution < 1.29 is 17.9 Å². The largest absolute Gasteiger partial charge is 0.495 e. The van der Waals surface area contributed by atoms with E-state index in [0.717, 1.165) is 5.56 Å². The first-order valence-electron chi connectivity index (χ1n) is 5.78. The number of methoxy groups -OCH3 is 1. The van der Waals surface area contributed by atoms with Gasteiger partial charge in [-0.05, 0) is 31.0 Å². The zero-order valence-electron chi connectivity index (χ0n) is 10.5. The van der Waals surface area contributed by atoms with E-state index in [9.17, 15) is 8.42 Å². The quantitative estimate of drug-likeness (QED) is 0.833. The second-order valence-electron chi connectivity index (χ2n) is 4.23. The molecule has 0 spiro atoms. The van der Waals surface area contributed by atoms with Crippen LogP contribution in [0.3, 0.4) is 0 Å². The zero-order valence-corrected chi connectivity index (χ0v) is 11.4. The average molecular weight is 271 g/mol. The van der Waals surface area contributed by atoms with Gasteiger partial charge < -0.3 is 9.47 Å². The summed E-state index contributed by atoms with van der Waals surface area (Å²) in [6.45, 7) is 3.06. The van der Waals surface area contributed by atoms with Crippen molar-refractivity contribution >= 4 is 10.0 Å². The van der Waals surface area contributed by atoms with Crippen LogP contribution in [0.1, 0.15) is 12.0 Å². The average Bonchev–Trinajstić information content (AvgIpc) is 2.39. The summed E-state index contributed by atoms with van der Waals surface area (Å²) in [5.41, 5.74) is 0.882. The molecular formula is C12H17NO4S. The summed E-state index contributed by atoms with van der Waals surface area (Å²) in [5.74, 6) is 0.367. The molecule has 1 fully saturated rings. The standard InChI is InChI=1S/C12H17NO4S/c1-10-4-5-11(16-2)12(8-10)18(14,15)13-6-3-7-17-9-13/h4-5,8H,3,6-7,9H2,1-2H3. The van der Waals surface area contributed by atoms with Gasteiger partial charge in [-0.1, -0.05) is 6.07 Å². The Morgan fingerprint density at radius 2 is 2.17 bits per heavy atom. The molecule has 1 saturated heterocycles. The lowest BCUT2D eigenvalue weighted by Crippen LogP contribution is -2.38. The van der Waals surface area contributed by atoms with Crippen LogP contribution in [0.4, 0.5) is 0 Å². The third kappa shape index (κ3) is 2.50. The van der Waals surface area contributed by atoms with Gasteiger partial charge in [0, 0.05) is 13.2 Å². The highest BCUT2D eigenvalue weighted by Gasteiger charge is 2.29. The van der Waals surface area contributed by atoms with Gasteiger partial charge in [0.15, 0.2) is 0 Å². The van der Waals surface area contributed by atoms with Crippen LogP contribution in [0.25, 0.3) is 0 Å². The fourth-order valence-corrected chi connectivity index (χ4v) is 3.49. The lowest BCUT2D eigenvalue weighted by Gasteiger charge is -2.26. The molecule has 0 bridgehead atoms. The number of hydrogen-bond donors (Lipinski definition) is 0. The van der Waals surface area contributed by atoms with Crippen LogP contribution >= 0.6 is 0 Å². The topological polar surface area (TPSA) is 55.8 Å². The van der Waals surface area contributed by atoms with E-state index in [0.29, 0.717) is 25.3 Å². The first-order chi connectivity index (χ1) is 8.55. The molecule has 0 amide bonds. The molecule has 18 heavy (non-hydrogen) atoms. The molecule has 100 valence electrons. The monoisotopic (exact) mass is 271 g/mol. The van der Waals surface area contributed by atoms with E-state index in [2.05, 4.69) is 0 Å². The van der Waals surface area contributed by atoms with Gasteiger partial charge in [0.05, 0.1) is 7.11 Å². The van der Waals surface area contributed by atoms with Gasteiger partial charge in [-0.25, -0.2) is 8.42 Å². The van der Waals surface area contributed by atoms with Crippen LogP contribution in [-0.2, 0) is 14.8 Å². The Balaban J connectivity index is 2.42. The third-order valence-corrected chi connectivity index (χ3v) is 4.71. The minimum Gasteiger partial charge on any atom is -0.495 e. The Labute approximate surface area is 107 Å². The first kappa shape index (κ1) is 13.3. The summed E-state index contributed by atoms with van der Waals surface area (Å²) in [6.07, 6.45) is 0.716. The van der Waals surface area contributed by atoms with Crippen LogP contribution in [-0.4, -0.2) is 39.7 Å². The first-order valence-corrected chi connectivity index (χ1v) is 7.22. The summed E-state index contributed by atoms with van der Waals surface area (Å²) in [4.78, 5) is 0.204. The molecule has 0 aliphatic carbocycles. The Kier molecular flexibility index (Phi) is 3.89. The number of rotatable bonds is 3. The Hall–Kier alpha value is -1.11. The molecule has 2 rings (SSSR count). The van der Waals surface area contributed by atoms with Crippen LogP contribution in [0.5, 0.6) is 5.75 Å². The molecule has 1 aliphatic rings. The Morgan fingerprint density at radius 1 is 1.39 bits per heavy atom. The van der Waals surface area contributed by atoms with E-state index >= 15 is 0 Å². The van der Waals surface area contributed by atoms with E-state index < -0.39 is 10.0 Å². The van der Waals surface area contributed by atoms with Crippen molar-refractivity contribution in [3.05, 3.63) is 23.8 Å². The molecule has 1 aromatic rings. The van der Waals surface area contributed by atoms with Crippen molar-refractivity contribution in [2.24, 2.45) is 0 Å². The normalized spacial score (nSPS) is 17.7. The number of aryl methyl sites for hydroxylation is 1. The van der Waals surface area contributed by atoms with Crippen molar-refractivity contribution in [2.75, 3.05) is 27.0 Å². The highest BCUT2D eigenvalue weighted by atomic mass is 32.2. The van der Waals surface area contributed by atoms with Crippen molar-refractivity contribution in [1.29, 1.82) is 0 Å². The van der Waals surface area contributed by atoms with E-state index in [1.54, 1.807) is 12.1 Å². The van der Waals surface area contributed by atoms with Crippen molar-refractivity contribution in [3.63, 3.8) is 0 Å². The smallest absolute Gasteiger partial charge is 0.248 e. The van der Waals surface area contributed by atoms with Gasteiger partial charge in [-0.2, -0.15) is 4.31 Å². The lowest BCUT2D eigenvalue weighted by molar-refractivity contribution is 0.0312. The SMILES string of the molecule is COc1ccc(C)cc1S(=O)(=O)N1CCCOC1. The molecule has 1 aromatic carbocycles. The van der Waals surface area contributed by atoms with Gasteiger partial charge in [-0.3, -0.25) is 0 Å². The van der Waals surface area contributed by atoms with E-state index in [4.69, 9.17) is 9.47 Å². The van der Waals surface area contributed by atoms with Gasteiger partial charge in [0.2, 0.25) is 10.0 Å². The number of benzene rings is 1. The molecule has 0 radical (unpaired) electrons. The minimum atomic E-state index is -3.54. The molecule has 0 saturated carbocycles. The van der Waals surface area contributed by atoms with Gasteiger partial charge in [0.25, 0.3) is 0 Å². The van der Waals surface area contributed by atoms with E-state index in [1.807, 2.05) is 13.0 Å². The van der Waals surface area contributed by atoms with Crippen molar-refractivity contribution in [2.45, 2.75) is 18.2 Å². The molecule has 0 N–H and O–H groups in total. The number of nitrogens with zero attached hydrogens (tertiary/aromatic N) is 1. The second-order valence-corrected chi connectivity index (χ2v) is 6.13. The van der Waals surface area contributed by atoms with E-state index in [-0.39, 0.29) is 11.6 Å². The maximum Gasteiger partial charge on any atom is 0.248 e. The lowest BCUT2D eigenvalue weighted by atomic mass is 10.2. The van der Waals surface area contributed by atoms with Crippen molar-refractivity contribution in [1.82, 2.24) is 4.31 Å².